The monoisotopic (exact) mass is 567 g/mol. The largest absolute Gasteiger partial charge is 0.480 e. The van der Waals surface area contributed by atoms with Crippen molar-refractivity contribution in [3.8, 4) is 5.88 Å². The van der Waals surface area contributed by atoms with Crippen LogP contribution in [0.5, 0.6) is 5.88 Å². The summed E-state index contributed by atoms with van der Waals surface area (Å²) in [7, 11) is 1.33. The van der Waals surface area contributed by atoms with Crippen LogP contribution in [0.2, 0.25) is 0 Å². The molecule has 0 radical (unpaired) electrons. The molecule has 2 amide bonds. The molecule has 0 saturated heterocycles. The predicted octanol–water partition coefficient (Wildman–Crippen LogP) is 4.32. The molecule has 0 unspecified atom stereocenters. The molecule has 5 rings (SSSR count). The van der Waals surface area contributed by atoms with Crippen molar-refractivity contribution in [1.82, 2.24) is 14.0 Å². The van der Waals surface area contributed by atoms with Gasteiger partial charge in [0.2, 0.25) is 11.6 Å². The van der Waals surface area contributed by atoms with Gasteiger partial charge in [-0.25, -0.2) is 4.79 Å². The third kappa shape index (κ3) is 5.54. The lowest BCUT2D eigenvalue weighted by molar-refractivity contribution is 0.0642. The van der Waals surface area contributed by atoms with Crippen LogP contribution in [0.1, 0.15) is 38.8 Å². The number of benzene rings is 3. The summed E-state index contributed by atoms with van der Waals surface area (Å²) in [6.07, 6.45) is 0. The van der Waals surface area contributed by atoms with Crippen LogP contribution in [0.15, 0.2) is 98.7 Å². The van der Waals surface area contributed by atoms with Gasteiger partial charge in [0.25, 0.3) is 17.4 Å². The van der Waals surface area contributed by atoms with Gasteiger partial charge in [-0.1, -0.05) is 66.7 Å². The molecule has 3 aromatic carbocycles. The van der Waals surface area contributed by atoms with E-state index >= 15 is 0 Å². The van der Waals surface area contributed by atoms with E-state index < -0.39 is 23.1 Å². The van der Waals surface area contributed by atoms with Gasteiger partial charge in [-0.3, -0.25) is 28.4 Å². The number of amides is 2. The van der Waals surface area contributed by atoms with Crippen molar-refractivity contribution in [1.29, 1.82) is 0 Å². The maximum Gasteiger partial charge on any atom is 0.334 e. The summed E-state index contributed by atoms with van der Waals surface area (Å²) >= 11 is 0. The average molecular weight is 568 g/mol. The zero-order valence-corrected chi connectivity index (χ0v) is 23.2. The standard InChI is InChI=1S/C31H29N5O6/c1-3-42-18-17-34-30(41-2)26(29(39)36(31(34)40)20-22-13-8-5-9-14-22)33-32-24-16-10-15-23-25(24)28(38)35(27(23)37)19-21-11-6-4-7-12-21/h4-16H,3,17-20H2,1-2H3. The third-order valence-corrected chi connectivity index (χ3v) is 6.82. The Hall–Kier alpha value is -5.16. The van der Waals surface area contributed by atoms with Crippen LogP contribution in [0.3, 0.4) is 0 Å². The van der Waals surface area contributed by atoms with E-state index in [1.807, 2.05) is 55.5 Å². The van der Waals surface area contributed by atoms with E-state index in [-0.39, 0.29) is 54.6 Å². The molecule has 1 aliphatic heterocycles. The fourth-order valence-corrected chi connectivity index (χ4v) is 4.77. The van der Waals surface area contributed by atoms with Crippen molar-refractivity contribution in [2.24, 2.45) is 10.2 Å². The molecular weight excluding hydrogens is 538 g/mol. The molecule has 0 spiro atoms. The van der Waals surface area contributed by atoms with Gasteiger partial charge >= 0.3 is 5.69 Å². The zero-order chi connectivity index (χ0) is 29.6. The summed E-state index contributed by atoms with van der Waals surface area (Å²) in [6, 6.07) is 22.9. The van der Waals surface area contributed by atoms with Gasteiger partial charge < -0.3 is 9.47 Å². The zero-order valence-electron chi connectivity index (χ0n) is 23.2. The van der Waals surface area contributed by atoms with Gasteiger partial charge in [0.15, 0.2) is 0 Å². The maximum atomic E-state index is 13.6. The number of carbonyl (C=O) groups is 2. The Kier molecular flexibility index (Phi) is 8.49. The first-order valence-corrected chi connectivity index (χ1v) is 13.4. The number of nitrogens with zero attached hydrogens (tertiary/aromatic N) is 5. The molecule has 0 aliphatic carbocycles. The fourth-order valence-electron chi connectivity index (χ4n) is 4.77. The van der Waals surface area contributed by atoms with Crippen molar-refractivity contribution < 1.29 is 19.1 Å². The number of aromatic nitrogens is 2. The molecule has 0 N–H and O–H groups in total. The van der Waals surface area contributed by atoms with Crippen molar-refractivity contribution in [3.63, 3.8) is 0 Å². The van der Waals surface area contributed by atoms with Crippen molar-refractivity contribution >= 4 is 23.2 Å². The molecule has 1 aliphatic rings. The second-order valence-electron chi connectivity index (χ2n) is 9.45. The Labute approximate surface area is 241 Å². The Balaban J connectivity index is 1.57. The predicted molar refractivity (Wildman–Crippen MR) is 155 cm³/mol. The van der Waals surface area contributed by atoms with Crippen LogP contribution in [0, 0.1) is 0 Å². The van der Waals surface area contributed by atoms with Gasteiger partial charge in [-0.15, -0.1) is 10.2 Å². The normalized spacial score (nSPS) is 12.8. The molecular formula is C31H29N5O6. The Morgan fingerprint density at radius 1 is 0.738 bits per heavy atom. The highest BCUT2D eigenvalue weighted by Crippen LogP contribution is 2.33. The van der Waals surface area contributed by atoms with E-state index in [2.05, 4.69) is 10.2 Å². The van der Waals surface area contributed by atoms with E-state index in [9.17, 15) is 19.2 Å². The lowest BCUT2D eigenvalue weighted by Gasteiger charge is -2.16. The van der Waals surface area contributed by atoms with Gasteiger partial charge in [-0.2, -0.15) is 0 Å². The number of hydrogen-bond acceptors (Lipinski definition) is 8. The first-order chi connectivity index (χ1) is 20.4. The second-order valence-corrected chi connectivity index (χ2v) is 9.45. The first kappa shape index (κ1) is 28.4. The molecule has 4 aromatic rings. The van der Waals surface area contributed by atoms with E-state index in [1.165, 1.54) is 11.7 Å². The molecule has 1 aromatic heterocycles. The van der Waals surface area contributed by atoms with Crippen LogP contribution >= 0.6 is 0 Å². The highest BCUT2D eigenvalue weighted by atomic mass is 16.5. The lowest BCUT2D eigenvalue weighted by Crippen LogP contribution is -2.41. The number of methoxy groups -OCH3 is 1. The van der Waals surface area contributed by atoms with Gasteiger partial charge in [0.05, 0.1) is 50.2 Å². The molecule has 214 valence electrons. The smallest absolute Gasteiger partial charge is 0.334 e. The molecule has 0 bridgehead atoms. The lowest BCUT2D eigenvalue weighted by atomic mass is 10.1. The SMILES string of the molecule is CCOCCn1c(OC)c(N=Nc2cccc3c2C(=O)N(Cc2ccccc2)C3=O)c(=O)n(Cc2ccccc2)c1=O. The van der Waals surface area contributed by atoms with Gasteiger partial charge in [0.1, 0.15) is 0 Å². The number of rotatable bonds is 11. The minimum absolute atomic E-state index is 0.00181. The van der Waals surface area contributed by atoms with Crippen molar-refractivity contribution in [2.75, 3.05) is 20.3 Å². The number of imide groups is 1. The Morgan fingerprint density at radius 2 is 1.40 bits per heavy atom. The summed E-state index contributed by atoms with van der Waals surface area (Å²) in [5.74, 6) is -1.04. The summed E-state index contributed by atoms with van der Waals surface area (Å²) < 4.78 is 13.3. The quantitative estimate of drug-likeness (QED) is 0.151. The van der Waals surface area contributed by atoms with Crippen LogP contribution in [0.4, 0.5) is 11.4 Å². The Morgan fingerprint density at radius 3 is 2.05 bits per heavy atom. The summed E-state index contributed by atoms with van der Waals surface area (Å²) in [6.45, 7) is 2.69. The number of carbonyl (C=O) groups excluding carboxylic acids is 2. The van der Waals surface area contributed by atoms with E-state index in [0.717, 1.165) is 20.6 Å². The third-order valence-electron chi connectivity index (χ3n) is 6.82. The highest BCUT2D eigenvalue weighted by molar-refractivity contribution is 6.23. The fraction of sp³-hybridized carbons (Fsp3) is 0.226. The summed E-state index contributed by atoms with van der Waals surface area (Å²) in [5, 5.41) is 8.45. The second kappa shape index (κ2) is 12.6. The van der Waals surface area contributed by atoms with Crippen molar-refractivity contribution in [3.05, 3.63) is 122 Å². The molecule has 11 heteroatoms. The van der Waals surface area contributed by atoms with E-state index in [0.29, 0.717) is 6.61 Å². The first-order valence-electron chi connectivity index (χ1n) is 13.4. The van der Waals surface area contributed by atoms with E-state index in [4.69, 9.17) is 9.47 Å². The number of fused-ring (bicyclic) bond motifs is 1. The van der Waals surface area contributed by atoms with Crippen LogP contribution in [0.25, 0.3) is 0 Å². The van der Waals surface area contributed by atoms with E-state index in [1.54, 1.807) is 30.3 Å². The molecule has 11 nitrogen and oxygen atoms in total. The maximum absolute atomic E-state index is 13.6. The van der Waals surface area contributed by atoms with Gasteiger partial charge in [0, 0.05) is 6.61 Å². The summed E-state index contributed by atoms with van der Waals surface area (Å²) in [5.41, 5.74) is 0.426. The molecule has 2 heterocycles. The van der Waals surface area contributed by atoms with Crippen molar-refractivity contribution in [2.45, 2.75) is 26.6 Å². The minimum Gasteiger partial charge on any atom is -0.480 e. The topological polar surface area (TPSA) is 125 Å². The highest BCUT2D eigenvalue weighted by Gasteiger charge is 2.37. The molecule has 0 fully saturated rings. The van der Waals surface area contributed by atoms with Crippen LogP contribution < -0.4 is 16.0 Å². The number of hydrogen-bond donors (Lipinski definition) is 0. The molecule has 0 saturated carbocycles. The number of azo groups is 1. The average Bonchev–Trinajstić information content (AvgIpc) is 3.26. The van der Waals surface area contributed by atoms with Gasteiger partial charge in [-0.05, 0) is 30.2 Å². The van der Waals surface area contributed by atoms with Crippen LogP contribution in [-0.4, -0.2) is 46.2 Å². The minimum atomic E-state index is -0.710. The molecule has 0 atom stereocenters. The Bertz CT molecular complexity index is 1760. The van der Waals surface area contributed by atoms with Crippen LogP contribution in [-0.2, 0) is 24.4 Å². The number of ether oxygens (including phenoxy) is 2. The molecule has 42 heavy (non-hydrogen) atoms. The summed E-state index contributed by atoms with van der Waals surface area (Å²) in [4.78, 5) is 54.8.